The van der Waals surface area contributed by atoms with Gasteiger partial charge in [-0.1, -0.05) is 0 Å². The number of hydrogen-bond donors (Lipinski definition) is 2. The standard InChI is InChI=1S/C21H22F2N4O5S/c1-20(2,30)21(22,23)32-14-6-5-13(17-24-7-8-33-17)16-15(14)25-18(31-16)26-9-11-3-4-12(10-26)27(11)19(28)29/h5-8,11-12,30H,3-4,9-10H2,1-2H3,(H,28,29). The fourth-order valence-electron chi connectivity index (χ4n) is 4.35. The molecule has 2 bridgehead atoms. The number of benzene rings is 1. The minimum absolute atomic E-state index is 0.0784. The predicted molar refractivity (Wildman–Crippen MR) is 116 cm³/mol. The van der Waals surface area contributed by atoms with Gasteiger partial charge >= 0.3 is 12.2 Å². The lowest BCUT2D eigenvalue weighted by atomic mass is 10.1. The molecule has 0 radical (unpaired) electrons. The molecule has 33 heavy (non-hydrogen) atoms. The van der Waals surface area contributed by atoms with Crippen LogP contribution in [0.3, 0.4) is 0 Å². The molecule has 0 aliphatic carbocycles. The normalized spacial score (nSPS) is 21.1. The van der Waals surface area contributed by atoms with E-state index >= 15 is 0 Å². The lowest BCUT2D eigenvalue weighted by molar-refractivity contribution is -0.275. The highest BCUT2D eigenvalue weighted by molar-refractivity contribution is 7.13. The summed E-state index contributed by atoms with van der Waals surface area (Å²) in [6, 6.07) is 2.75. The minimum Gasteiger partial charge on any atom is -0.465 e. The van der Waals surface area contributed by atoms with E-state index in [0.29, 0.717) is 23.7 Å². The van der Waals surface area contributed by atoms with Crippen molar-refractivity contribution in [2.45, 2.75) is 50.5 Å². The fourth-order valence-corrected chi connectivity index (χ4v) is 5.01. The van der Waals surface area contributed by atoms with Crippen molar-refractivity contribution in [3.63, 3.8) is 0 Å². The highest BCUT2D eigenvalue weighted by Gasteiger charge is 2.49. The van der Waals surface area contributed by atoms with E-state index < -0.39 is 17.8 Å². The number of amides is 1. The Hall–Kier alpha value is -2.99. The van der Waals surface area contributed by atoms with Gasteiger partial charge in [-0.2, -0.15) is 13.8 Å². The number of carboxylic acid groups (broad SMARTS) is 1. The molecule has 1 amide bonds. The maximum Gasteiger partial charge on any atom is 0.426 e. The van der Waals surface area contributed by atoms with Crippen LogP contribution in [0.4, 0.5) is 19.6 Å². The van der Waals surface area contributed by atoms with E-state index in [1.165, 1.54) is 22.3 Å². The average molecular weight is 480 g/mol. The van der Waals surface area contributed by atoms with Gasteiger partial charge in [-0.15, -0.1) is 11.3 Å². The van der Waals surface area contributed by atoms with Crippen molar-refractivity contribution in [3.8, 4) is 16.3 Å². The molecule has 0 saturated carbocycles. The molecule has 5 rings (SSSR count). The van der Waals surface area contributed by atoms with Crippen LogP contribution in [0.2, 0.25) is 0 Å². The van der Waals surface area contributed by atoms with Gasteiger partial charge in [0.25, 0.3) is 6.01 Å². The summed E-state index contributed by atoms with van der Waals surface area (Å²) < 4.78 is 40.0. The molecule has 2 saturated heterocycles. The summed E-state index contributed by atoms with van der Waals surface area (Å²) in [5, 5.41) is 21.7. The Morgan fingerprint density at radius 3 is 2.55 bits per heavy atom. The highest BCUT2D eigenvalue weighted by atomic mass is 32.1. The lowest BCUT2D eigenvalue weighted by Gasteiger charge is -2.38. The van der Waals surface area contributed by atoms with Crippen LogP contribution in [0.5, 0.6) is 5.75 Å². The summed E-state index contributed by atoms with van der Waals surface area (Å²) in [5.41, 5.74) is -1.54. The molecule has 2 fully saturated rings. The van der Waals surface area contributed by atoms with E-state index in [4.69, 9.17) is 9.15 Å². The summed E-state index contributed by atoms with van der Waals surface area (Å²) in [5.74, 6) is -0.237. The van der Waals surface area contributed by atoms with Crippen molar-refractivity contribution >= 4 is 34.5 Å². The van der Waals surface area contributed by atoms with E-state index in [9.17, 15) is 23.8 Å². The summed E-state index contributed by atoms with van der Waals surface area (Å²) in [6.45, 7) is 2.69. The molecule has 2 aliphatic rings. The number of oxazole rings is 1. The first-order valence-electron chi connectivity index (χ1n) is 10.4. The number of thiazole rings is 1. The van der Waals surface area contributed by atoms with Crippen LogP contribution in [0.15, 0.2) is 28.1 Å². The second-order valence-corrected chi connectivity index (χ2v) is 9.67. The van der Waals surface area contributed by atoms with Gasteiger partial charge in [0.2, 0.25) is 0 Å². The van der Waals surface area contributed by atoms with Crippen molar-refractivity contribution in [1.29, 1.82) is 0 Å². The average Bonchev–Trinajstić information content (AvgIpc) is 3.45. The van der Waals surface area contributed by atoms with Gasteiger partial charge in [0.1, 0.15) is 5.01 Å². The van der Waals surface area contributed by atoms with Crippen molar-refractivity contribution in [2.75, 3.05) is 18.0 Å². The van der Waals surface area contributed by atoms with Crippen molar-refractivity contribution in [2.24, 2.45) is 0 Å². The number of nitrogens with zero attached hydrogens (tertiary/aromatic N) is 4. The zero-order valence-electron chi connectivity index (χ0n) is 17.9. The van der Waals surface area contributed by atoms with Gasteiger partial charge in [0.05, 0.1) is 17.6 Å². The summed E-state index contributed by atoms with van der Waals surface area (Å²) in [4.78, 5) is 23.6. The minimum atomic E-state index is -3.88. The monoisotopic (exact) mass is 480 g/mol. The molecule has 0 spiro atoms. The number of aromatic nitrogens is 2. The van der Waals surface area contributed by atoms with Crippen LogP contribution in [-0.4, -0.2) is 68.1 Å². The molecule has 4 heterocycles. The SMILES string of the molecule is CC(C)(O)C(F)(F)Oc1ccc(-c2nccs2)c2oc(N3CC4CCC(C3)N4C(=O)O)nc12. The third-order valence-electron chi connectivity index (χ3n) is 6.08. The zero-order chi connectivity index (χ0) is 23.5. The first kappa shape index (κ1) is 21.8. The molecule has 2 N–H and O–H groups in total. The Balaban J connectivity index is 1.56. The molecular formula is C21H22F2N4O5S. The summed E-state index contributed by atoms with van der Waals surface area (Å²) in [6.07, 6.45) is -1.73. The summed E-state index contributed by atoms with van der Waals surface area (Å²) >= 11 is 1.36. The van der Waals surface area contributed by atoms with Gasteiger partial charge in [-0.25, -0.2) is 9.78 Å². The van der Waals surface area contributed by atoms with Crippen molar-refractivity contribution < 1.29 is 32.9 Å². The smallest absolute Gasteiger partial charge is 0.426 e. The van der Waals surface area contributed by atoms with E-state index in [-0.39, 0.29) is 34.9 Å². The van der Waals surface area contributed by atoms with Gasteiger partial charge in [-0.05, 0) is 38.8 Å². The molecule has 2 aromatic heterocycles. The van der Waals surface area contributed by atoms with Crippen LogP contribution in [0.1, 0.15) is 26.7 Å². The third-order valence-corrected chi connectivity index (χ3v) is 6.89. The molecular weight excluding hydrogens is 458 g/mol. The molecule has 12 heteroatoms. The number of fused-ring (bicyclic) bond motifs is 3. The first-order valence-corrected chi connectivity index (χ1v) is 11.3. The number of rotatable bonds is 5. The lowest BCUT2D eigenvalue weighted by Crippen LogP contribution is -2.55. The second-order valence-electron chi connectivity index (χ2n) is 8.78. The van der Waals surface area contributed by atoms with E-state index in [1.807, 2.05) is 4.90 Å². The number of anilines is 1. The Morgan fingerprint density at radius 2 is 1.97 bits per heavy atom. The van der Waals surface area contributed by atoms with Crippen molar-refractivity contribution in [3.05, 3.63) is 23.7 Å². The Labute approximate surface area is 191 Å². The number of ether oxygens (including phenoxy) is 1. The van der Waals surface area contributed by atoms with Gasteiger partial charge in [0, 0.05) is 24.7 Å². The number of aliphatic hydroxyl groups is 1. The molecule has 2 unspecified atom stereocenters. The molecule has 2 aliphatic heterocycles. The topological polar surface area (TPSA) is 112 Å². The van der Waals surface area contributed by atoms with Crippen LogP contribution < -0.4 is 9.64 Å². The Morgan fingerprint density at radius 1 is 1.27 bits per heavy atom. The van der Waals surface area contributed by atoms with Crippen LogP contribution in [0, 0.1) is 0 Å². The molecule has 9 nitrogen and oxygen atoms in total. The molecule has 1 aromatic carbocycles. The van der Waals surface area contributed by atoms with Gasteiger partial charge in [-0.3, -0.25) is 4.90 Å². The third kappa shape index (κ3) is 3.66. The quantitative estimate of drug-likeness (QED) is 0.563. The van der Waals surface area contributed by atoms with Crippen LogP contribution in [-0.2, 0) is 0 Å². The van der Waals surface area contributed by atoms with Crippen LogP contribution >= 0.6 is 11.3 Å². The molecule has 2 atom stereocenters. The molecule has 176 valence electrons. The van der Waals surface area contributed by atoms with Crippen LogP contribution in [0.25, 0.3) is 21.7 Å². The van der Waals surface area contributed by atoms with Gasteiger partial charge in [0.15, 0.2) is 22.5 Å². The van der Waals surface area contributed by atoms with Crippen molar-refractivity contribution in [1.82, 2.24) is 14.9 Å². The molecule has 3 aromatic rings. The summed E-state index contributed by atoms with van der Waals surface area (Å²) in [7, 11) is 0. The number of alkyl halides is 2. The Bertz CT molecular complexity index is 1180. The van der Waals surface area contributed by atoms with E-state index in [2.05, 4.69) is 9.97 Å². The first-order chi connectivity index (χ1) is 15.5. The number of piperazine rings is 1. The number of carbonyl (C=O) groups is 1. The largest absolute Gasteiger partial charge is 0.465 e. The predicted octanol–water partition coefficient (Wildman–Crippen LogP) is 4.02. The number of halogens is 2. The maximum absolute atomic E-state index is 14.5. The zero-order valence-corrected chi connectivity index (χ0v) is 18.7. The maximum atomic E-state index is 14.5. The second kappa shape index (κ2) is 7.52. The highest BCUT2D eigenvalue weighted by Crippen LogP contribution is 2.42. The fraction of sp³-hybridized carbons (Fsp3) is 0.476. The Kier molecular flexibility index (Phi) is 4.98. The number of hydrogen-bond acceptors (Lipinski definition) is 8. The van der Waals surface area contributed by atoms with Gasteiger partial charge < -0.3 is 24.3 Å². The van der Waals surface area contributed by atoms with E-state index in [1.54, 1.807) is 17.6 Å². The van der Waals surface area contributed by atoms with E-state index in [0.717, 1.165) is 26.7 Å².